The largest absolute Gasteiger partial charge is 0.289 e. The minimum atomic E-state index is -0.197. The summed E-state index contributed by atoms with van der Waals surface area (Å²) in [7, 11) is 0. The Bertz CT molecular complexity index is 400. The topological polar surface area (TPSA) is 34.1 Å². The number of hydrogen-bond acceptors (Lipinski definition) is 2. The number of terminal acetylenes is 1. The molecule has 0 aromatic rings. The smallest absolute Gasteiger partial charge is 0.197 e. The first-order valence-electron chi connectivity index (χ1n) is 3.95. The first-order valence-corrected chi connectivity index (χ1v) is 3.95. The van der Waals surface area contributed by atoms with Gasteiger partial charge in [-0.05, 0) is 20.8 Å². The second-order valence-electron chi connectivity index (χ2n) is 3.05. The zero-order chi connectivity index (χ0) is 10.2. The zero-order valence-corrected chi connectivity index (χ0v) is 7.89. The Hall–Kier alpha value is -1.62. The van der Waals surface area contributed by atoms with Gasteiger partial charge < -0.3 is 0 Å². The highest BCUT2D eigenvalue weighted by molar-refractivity contribution is 6.26. The fourth-order valence-electron chi connectivity index (χ4n) is 1.27. The van der Waals surface area contributed by atoms with Gasteiger partial charge in [0, 0.05) is 16.7 Å². The summed E-state index contributed by atoms with van der Waals surface area (Å²) in [6, 6.07) is 0. The van der Waals surface area contributed by atoms with Crippen LogP contribution in [0.1, 0.15) is 20.8 Å². The number of hydrogen-bond donors (Lipinski definition) is 0. The molecular formula is C11H10O2. The van der Waals surface area contributed by atoms with Gasteiger partial charge in [-0.2, -0.15) is 0 Å². The maximum atomic E-state index is 11.5. The molecule has 0 radical (unpaired) electrons. The van der Waals surface area contributed by atoms with Gasteiger partial charge in [-0.3, -0.25) is 9.59 Å². The van der Waals surface area contributed by atoms with Crippen LogP contribution in [0.5, 0.6) is 0 Å². The molecule has 1 aliphatic rings. The van der Waals surface area contributed by atoms with Crippen LogP contribution >= 0.6 is 0 Å². The Morgan fingerprint density at radius 3 is 1.85 bits per heavy atom. The lowest BCUT2D eigenvalue weighted by molar-refractivity contribution is -0.116. The number of rotatable bonds is 0. The molecule has 0 N–H and O–H groups in total. The van der Waals surface area contributed by atoms with Gasteiger partial charge in [0.05, 0.1) is 5.57 Å². The van der Waals surface area contributed by atoms with Crippen molar-refractivity contribution < 1.29 is 9.59 Å². The van der Waals surface area contributed by atoms with Crippen molar-refractivity contribution in [1.82, 2.24) is 0 Å². The lowest BCUT2D eigenvalue weighted by Crippen LogP contribution is -2.19. The van der Waals surface area contributed by atoms with Crippen molar-refractivity contribution in [1.29, 1.82) is 0 Å². The van der Waals surface area contributed by atoms with Crippen LogP contribution in [-0.2, 0) is 9.59 Å². The molecule has 0 fully saturated rings. The van der Waals surface area contributed by atoms with E-state index in [4.69, 9.17) is 6.42 Å². The molecule has 0 heterocycles. The highest BCUT2D eigenvalue weighted by Crippen LogP contribution is 2.23. The average molecular weight is 174 g/mol. The minimum Gasteiger partial charge on any atom is -0.289 e. The van der Waals surface area contributed by atoms with E-state index in [-0.39, 0.29) is 17.1 Å². The van der Waals surface area contributed by atoms with E-state index in [0.717, 1.165) is 0 Å². The molecule has 0 aromatic carbocycles. The molecule has 1 rings (SSSR count). The van der Waals surface area contributed by atoms with Gasteiger partial charge in [-0.25, -0.2) is 0 Å². The van der Waals surface area contributed by atoms with Crippen LogP contribution in [0.3, 0.4) is 0 Å². The predicted molar refractivity (Wildman–Crippen MR) is 49.9 cm³/mol. The highest BCUT2D eigenvalue weighted by Gasteiger charge is 2.26. The van der Waals surface area contributed by atoms with Gasteiger partial charge in [-0.15, -0.1) is 6.42 Å². The summed E-state index contributed by atoms with van der Waals surface area (Å²) >= 11 is 0. The Balaban J connectivity index is 3.40. The standard InChI is InChI=1S/C11H10O2/c1-5-9-8(4)10(12)6(2)7(3)11(9)13/h1H,2-4H3. The number of allylic oxidation sites excluding steroid dienone is 4. The van der Waals surface area contributed by atoms with Crippen LogP contribution in [0.15, 0.2) is 22.3 Å². The van der Waals surface area contributed by atoms with E-state index in [1.165, 1.54) is 0 Å². The summed E-state index contributed by atoms with van der Waals surface area (Å²) in [6.07, 6.45) is 5.15. The first kappa shape index (κ1) is 9.47. The van der Waals surface area contributed by atoms with Crippen molar-refractivity contribution in [2.24, 2.45) is 0 Å². The first-order chi connectivity index (χ1) is 6.00. The molecule has 0 amide bonds. The summed E-state index contributed by atoms with van der Waals surface area (Å²) in [5, 5.41) is 0. The van der Waals surface area contributed by atoms with Crippen LogP contribution in [-0.4, -0.2) is 11.6 Å². The molecular weight excluding hydrogens is 164 g/mol. The molecule has 66 valence electrons. The zero-order valence-electron chi connectivity index (χ0n) is 7.89. The van der Waals surface area contributed by atoms with Crippen molar-refractivity contribution in [2.75, 3.05) is 0 Å². The second-order valence-corrected chi connectivity index (χ2v) is 3.05. The number of ketones is 2. The van der Waals surface area contributed by atoms with Gasteiger partial charge in [0.15, 0.2) is 11.6 Å². The van der Waals surface area contributed by atoms with Gasteiger partial charge >= 0.3 is 0 Å². The van der Waals surface area contributed by atoms with Crippen LogP contribution in [0.25, 0.3) is 0 Å². The SMILES string of the molecule is C#CC1=C(C)C(=O)C(C)=C(C)C1=O. The third kappa shape index (κ3) is 1.23. The highest BCUT2D eigenvalue weighted by atomic mass is 16.1. The van der Waals surface area contributed by atoms with Crippen molar-refractivity contribution in [3.63, 3.8) is 0 Å². The summed E-state index contributed by atoms with van der Waals surface area (Å²) < 4.78 is 0. The number of carbonyl (C=O) groups excluding carboxylic acids is 2. The third-order valence-electron chi connectivity index (χ3n) is 2.33. The van der Waals surface area contributed by atoms with Crippen LogP contribution in [0, 0.1) is 12.3 Å². The fourth-order valence-corrected chi connectivity index (χ4v) is 1.27. The average Bonchev–Trinajstić information content (AvgIpc) is 2.13. The van der Waals surface area contributed by atoms with E-state index in [1.807, 2.05) is 0 Å². The van der Waals surface area contributed by atoms with Crippen molar-refractivity contribution in [2.45, 2.75) is 20.8 Å². The molecule has 1 aliphatic carbocycles. The molecule has 0 unspecified atom stereocenters. The number of Topliss-reactive ketones (excluding diaryl/α,β-unsaturated/α-hetero) is 2. The second kappa shape index (κ2) is 3.02. The molecule has 0 saturated heterocycles. The Kier molecular flexibility index (Phi) is 2.20. The molecule has 0 saturated carbocycles. The molecule has 0 atom stereocenters. The van der Waals surface area contributed by atoms with E-state index >= 15 is 0 Å². The molecule has 13 heavy (non-hydrogen) atoms. The van der Waals surface area contributed by atoms with Crippen molar-refractivity contribution >= 4 is 11.6 Å². The normalized spacial score (nSPS) is 18.0. The number of carbonyl (C=O) groups is 2. The Morgan fingerprint density at radius 1 is 0.923 bits per heavy atom. The fraction of sp³-hybridized carbons (Fsp3) is 0.273. The molecule has 2 heteroatoms. The quantitative estimate of drug-likeness (QED) is 0.411. The van der Waals surface area contributed by atoms with E-state index in [1.54, 1.807) is 20.8 Å². The summed E-state index contributed by atoms with van der Waals surface area (Å²) in [4.78, 5) is 23.0. The van der Waals surface area contributed by atoms with Gasteiger partial charge in [0.2, 0.25) is 0 Å². The minimum absolute atomic E-state index is 0.120. The van der Waals surface area contributed by atoms with Crippen LogP contribution < -0.4 is 0 Å². The molecule has 0 aromatic heterocycles. The van der Waals surface area contributed by atoms with Gasteiger partial charge in [0.1, 0.15) is 0 Å². The molecule has 0 aliphatic heterocycles. The van der Waals surface area contributed by atoms with E-state index in [9.17, 15) is 9.59 Å². The maximum Gasteiger partial charge on any atom is 0.197 e. The molecule has 0 bridgehead atoms. The van der Waals surface area contributed by atoms with E-state index < -0.39 is 0 Å². The van der Waals surface area contributed by atoms with Crippen molar-refractivity contribution in [3.05, 3.63) is 22.3 Å². The van der Waals surface area contributed by atoms with Gasteiger partial charge in [-0.1, -0.05) is 5.92 Å². The van der Waals surface area contributed by atoms with Gasteiger partial charge in [0.25, 0.3) is 0 Å². The van der Waals surface area contributed by atoms with Crippen LogP contribution in [0.4, 0.5) is 0 Å². The molecule has 0 spiro atoms. The van der Waals surface area contributed by atoms with Crippen molar-refractivity contribution in [3.8, 4) is 12.3 Å². The predicted octanol–water partition coefficient (Wildman–Crippen LogP) is 1.42. The van der Waals surface area contributed by atoms with Crippen LogP contribution in [0.2, 0.25) is 0 Å². The van der Waals surface area contributed by atoms with E-state index in [2.05, 4.69) is 5.92 Å². The Morgan fingerprint density at radius 2 is 1.38 bits per heavy atom. The molecule has 2 nitrogen and oxygen atoms in total. The van der Waals surface area contributed by atoms with E-state index in [0.29, 0.717) is 16.7 Å². The lowest BCUT2D eigenvalue weighted by Gasteiger charge is -2.14. The monoisotopic (exact) mass is 174 g/mol. The maximum absolute atomic E-state index is 11.5. The lowest BCUT2D eigenvalue weighted by atomic mass is 9.86. The summed E-state index contributed by atoms with van der Waals surface area (Å²) in [6.45, 7) is 4.86. The third-order valence-corrected chi connectivity index (χ3v) is 2.33. The summed E-state index contributed by atoms with van der Waals surface area (Å²) in [5.41, 5.74) is 1.55. The Labute approximate surface area is 77.3 Å². The summed E-state index contributed by atoms with van der Waals surface area (Å²) in [5.74, 6) is 1.94.